The number of nitrogens with zero attached hydrogens (tertiary/aromatic N) is 1. The molecule has 0 N–H and O–H groups in total. The molecule has 0 fully saturated rings. The van der Waals surface area contributed by atoms with Gasteiger partial charge in [0.2, 0.25) is 0 Å². The molecule has 2 heteroatoms. The van der Waals surface area contributed by atoms with Crippen molar-refractivity contribution < 1.29 is 4.79 Å². The van der Waals surface area contributed by atoms with E-state index in [2.05, 4.69) is 25.4 Å². The summed E-state index contributed by atoms with van der Waals surface area (Å²) in [5, 5.41) is 0. The number of aryl methyl sites for hydroxylation is 1. The summed E-state index contributed by atoms with van der Waals surface area (Å²) >= 11 is 0. The third kappa shape index (κ3) is 3.02. The van der Waals surface area contributed by atoms with E-state index in [1.807, 2.05) is 6.07 Å². The summed E-state index contributed by atoms with van der Waals surface area (Å²) in [5.74, 6) is 0.0470. The average Bonchev–Trinajstić information content (AvgIpc) is 2.23. The average molecular weight is 217 g/mol. The Kier molecular flexibility index (Phi) is 4.41. The zero-order valence-electron chi connectivity index (χ0n) is 10.3. The first-order chi connectivity index (χ1) is 7.56. The minimum absolute atomic E-state index is 0.0470. The van der Waals surface area contributed by atoms with Crippen LogP contribution in [0.3, 0.4) is 0 Å². The number of pyridine rings is 1. The lowest BCUT2D eigenvalue weighted by atomic mass is 9.98. The lowest BCUT2D eigenvalue weighted by Gasteiger charge is -2.11. The molecule has 0 amide bonds. The van der Waals surface area contributed by atoms with Crippen molar-refractivity contribution in [2.75, 3.05) is 0 Å². The van der Waals surface area contributed by atoms with Crippen molar-refractivity contribution in [1.82, 2.24) is 4.98 Å². The molecule has 1 rings (SSSR count). The third-order valence-corrected chi connectivity index (χ3v) is 2.76. The fourth-order valence-corrected chi connectivity index (χ4v) is 1.72. The Balaban J connectivity index is 2.99. The molecule has 0 aliphatic carbocycles. The minimum Gasteiger partial charge on any atom is -0.295 e. The highest BCUT2D eigenvalue weighted by Gasteiger charge is 2.09. The molecule has 1 heterocycles. The molecule has 2 nitrogen and oxygen atoms in total. The summed E-state index contributed by atoms with van der Waals surface area (Å²) in [7, 11) is 0. The van der Waals surface area contributed by atoms with Crippen LogP contribution in [0.2, 0.25) is 0 Å². The highest BCUT2D eigenvalue weighted by Crippen LogP contribution is 2.16. The molecule has 0 aliphatic rings. The van der Waals surface area contributed by atoms with Gasteiger partial charge in [0.25, 0.3) is 0 Å². The number of carbonyl (C=O) groups is 1. The Bertz CT molecular complexity index is 407. The second-order valence-corrected chi connectivity index (χ2v) is 4.14. The number of aromatic nitrogens is 1. The maximum Gasteiger partial charge on any atom is 0.155 e. The van der Waals surface area contributed by atoms with Crippen LogP contribution in [0.1, 0.15) is 37.1 Å². The summed E-state index contributed by atoms with van der Waals surface area (Å²) in [5.41, 5.74) is 4.16. The second kappa shape index (κ2) is 5.59. The van der Waals surface area contributed by atoms with Gasteiger partial charge in [-0.2, -0.15) is 0 Å². The van der Waals surface area contributed by atoms with Gasteiger partial charge in [-0.1, -0.05) is 19.9 Å². The Labute approximate surface area is 97.4 Å². The van der Waals surface area contributed by atoms with Gasteiger partial charge in [0.15, 0.2) is 5.78 Å². The summed E-state index contributed by atoms with van der Waals surface area (Å²) in [6, 6.07) is 2.02. The van der Waals surface area contributed by atoms with Crippen molar-refractivity contribution in [3.63, 3.8) is 0 Å². The van der Waals surface area contributed by atoms with E-state index in [0.29, 0.717) is 12.0 Å². The van der Waals surface area contributed by atoms with Crippen LogP contribution >= 0.6 is 0 Å². The van der Waals surface area contributed by atoms with E-state index in [-0.39, 0.29) is 5.78 Å². The Morgan fingerprint density at radius 2 is 2.19 bits per heavy atom. The van der Waals surface area contributed by atoms with E-state index < -0.39 is 0 Å². The van der Waals surface area contributed by atoms with Crippen molar-refractivity contribution in [1.29, 1.82) is 0 Å². The molecule has 0 aromatic carbocycles. The first-order valence-corrected chi connectivity index (χ1v) is 5.68. The van der Waals surface area contributed by atoms with Crippen LogP contribution in [0.25, 0.3) is 0 Å². The summed E-state index contributed by atoms with van der Waals surface area (Å²) < 4.78 is 0. The first-order valence-electron chi connectivity index (χ1n) is 5.68. The maximum atomic E-state index is 11.2. The molecule has 16 heavy (non-hydrogen) atoms. The zero-order valence-corrected chi connectivity index (χ0v) is 10.3. The van der Waals surface area contributed by atoms with Crippen LogP contribution < -0.4 is 0 Å². The standard InChI is InChI=1S/C14H19NO/c1-5-6-13-10(2)7-8-15-14(13)9-11(3)12(4)16/h7-8H,3,5-6,9H2,1-2,4H3. The van der Waals surface area contributed by atoms with Crippen molar-refractivity contribution in [2.45, 2.75) is 40.0 Å². The van der Waals surface area contributed by atoms with E-state index in [9.17, 15) is 4.79 Å². The summed E-state index contributed by atoms with van der Waals surface area (Å²) in [6.45, 7) is 9.58. The predicted octanol–water partition coefficient (Wildman–Crippen LogP) is 3.03. The van der Waals surface area contributed by atoms with Crippen molar-refractivity contribution in [2.24, 2.45) is 0 Å². The molecule has 1 aromatic rings. The molecule has 0 atom stereocenters. The zero-order chi connectivity index (χ0) is 12.1. The predicted molar refractivity (Wildman–Crippen MR) is 66.5 cm³/mol. The molecule has 0 unspecified atom stereocenters. The molecule has 1 aromatic heterocycles. The van der Waals surface area contributed by atoms with E-state index >= 15 is 0 Å². The summed E-state index contributed by atoms with van der Waals surface area (Å²) in [4.78, 5) is 15.5. The fraction of sp³-hybridized carbons (Fsp3) is 0.429. The number of Topliss-reactive ketones (excluding diaryl/α,β-unsaturated/α-hetero) is 1. The van der Waals surface area contributed by atoms with Gasteiger partial charge in [-0.05, 0) is 43.0 Å². The van der Waals surface area contributed by atoms with E-state index in [1.54, 1.807) is 13.1 Å². The smallest absolute Gasteiger partial charge is 0.155 e. The Hall–Kier alpha value is -1.44. The van der Waals surface area contributed by atoms with E-state index in [1.165, 1.54) is 11.1 Å². The van der Waals surface area contributed by atoms with Crippen LogP contribution in [0.5, 0.6) is 0 Å². The lowest BCUT2D eigenvalue weighted by Crippen LogP contribution is -2.05. The third-order valence-electron chi connectivity index (χ3n) is 2.76. The molecular formula is C14H19NO. The molecule has 86 valence electrons. The normalized spacial score (nSPS) is 10.2. The number of hydrogen-bond donors (Lipinski definition) is 0. The number of allylic oxidation sites excluding steroid dienone is 1. The summed E-state index contributed by atoms with van der Waals surface area (Å²) in [6.07, 6.45) is 4.48. The molecule has 0 saturated carbocycles. The number of carbonyl (C=O) groups excluding carboxylic acids is 1. The van der Waals surface area contributed by atoms with Crippen LogP contribution in [-0.2, 0) is 17.6 Å². The number of hydrogen-bond acceptors (Lipinski definition) is 2. The fourth-order valence-electron chi connectivity index (χ4n) is 1.72. The maximum absolute atomic E-state index is 11.2. The topological polar surface area (TPSA) is 30.0 Å². The molecular weight excluding hydrogens is 198 g/mol. The molecule has 0 aliphatic heterocycles. The van der Waals surface area contributed by atoms with Crippen LogP contribution in [0.15, 0.2) is 24.4 Å². The van der Waals surface area contributed by atoms with Gasteiger partial charge in [0.05, 0.1) is 0 Å². The second-order valence-electron chi connectivity index (χ2n) is 4.14. The van der Waals surface area contributed by atoms with Gasteiger partial charge >= 0.3 is 0 Å². The van der Waals surface area contributed by atoms with Gasteiger partial charge < -0.3 is 0 Å². The van der Waals surface area contributed by atoms with Crippen molar-refractivity contribution in [3.8, 4) is 0 Å². The molecule has 0 saturated heterocycles. The monoisotopic (exact) mass is 217 g/mol. The van der Waals surface area contributed by atoms with Gasteiger partial charge in [-0.15, -0.1) is 0 Å². The quantitative estimate of drug-likeness (QED) is 0.710. The molecule has 0 bridgehead atoms. The van der Waals surface area contributed by atoms with Crippen LogP contribution in [0, 0.1) is 6.92 Å². The Morgan fingerprint density at radius 1 is 1.50 bits per heavy atom. The van der Waals surface area contributed by atoms with Crippen molar-refractivity contribution in [3.05, 3.63) is 41.2 Å². The molecule has 0 spiro atoms. The molecule has 0 radical (unpaired) electrons. The Morgan fingerprint density at radius 3 is 2.75 bits per heavy atom. The number of ketones is 1. The highest BCUT2D eigenvalue weighted by atomic mass is 16.1. The minimum atomic E-state index is 0.0470. The first kappa shape index (κ1) is 12.6. The van der Waals surface area contributed by atoms with Gasteiger partial charge in [-0.3, -0.25) is 9.78 Å². The van der Waals surface area contributed by atoms with Crippen LogP contribution in [-0.4, -0.2) is 10.8 Å². The van der Waals surface area contributed by atoms with Gasteiger partial charge in [0, 0.05) is 18.3 Å². The lowest BCUT2D eigenvalue weighted by molar-refractivity contribution is -0.113. The number of rotatable bonds is 5. The van der Waals surface area contributed by atoms with Gasteiger partial charge in [0.1, 0.15) is 0 Å². The van der Waals surface area contributed by atoms with Crippen LogP contribution in [0.4, 0.5) is 0 Å². The van der Waals surface area contributed by atoms with Gasteiger partial charge in [-0.25, -0.2) is 0 Å². The SMILES string of the molecule is C=C(Cc1nccc(C)c1CCC)C(C)=O. The van der Waals surface area contributed by atoms with E-state index in [0.717, 1.165) is 18.5 Å². The van der Waals surface area contributed by atoms with Crippen molar-refractivity contribution >= 4 is 5.78 Å². The largest absolute Gasteiger partial charge is 0.295 e. The highest BCUT2D eigenvalue weighted by molar-refractivity contribution is 5.92. The van der Waals surface area contributed by atoms with E-state index in [4.69, 9.17) is 0 Å².